The third-order valence-electron chi connectivity index (χ3n) is 3.81. The van der Waals surface area contributed by atoms with Crippen LogP contribution in [-0.2, 0) is 14.8 Å². The highest BCUT2D eigenvalue weighted by Crippen LogP contribution is 2.26. The molecule has 0 amide bonds. The van der Waals surface area contributed by atoms with Gasteiger partial charge in [0.2, 0.25) is 0 Å². The van der Waals surface area contributed by atoms with E-state index in [0.29, 0.717) is 11.3 Å². The lowest BCUT2D eigenvalue weighted by molar-refractivity contribution is 0.0600. The molecule has 5 nitrogen and oxygen atoms in total. The minimum absolute atomic E-state index is 0.0600. The van der Waals surface area contributed by atoms with Crippen LogP contribution in [0.2, 0.25) is 0 Å². The van der Waals surface area contributed by atoms with Gasteiger partial charge in [-0.25, -0.2) is 13.2 Å². The number of sulfonamides is 1. The lowest BCUT2D eigenvalue weighted by Crippen LogP contribution is -2.17. The Bertz CT molecular complexity index is 878. The van der Waals surface area contributed by atoms with E-state index in [9.17, 15) is 13.2 Å². The summed E-state index contributed by atoms with van der Waals surface area (Å²) in [6, 6.07) is 8.31. The average molecular weight is 347 g/mol. The number of nitrogens with one attached hydrogen (secondary N) is 1. The molecule has 0 bridgehead atoms. The van der Waals surface area contributed by atoms with Gasteiger partial charge in [0.25, 0.3) is 10.0 Å². The molecule has 0 heterocycles. The standard InChI is InChI=1S/C18H21NO4S/c1-11-8-13(3)17(14(4)9-11)19-24(21,22)16-10-15(18(20)23-5)7-6-12(16)2/h6-10,19H,1-5H3. The van der Waals surface area contributed by atoms with E-state index in [-0.39, 0.29) is 10.5 Å². The van der Waals surface area contributed by atoms with Gasteiger partial charge >= 0.3 is 5.97 Å². The molecule has 0 saturated heterocycles. The Morgan fingerprint density at radius 1 is 0.958 bits per heavy atom. The molecule has 0 spiro atoms. The summed E-state index contributed by atoms with van der Waals surface area (Å²) in [6.45, 7) is 7.36. The molecule has 0 aliphatic carbocycles. The molecule has 0 unspecified atom stereocenters. The molecule has 1 N–H and O–H groups in total. The number of hydrogen-bond acceptors (Lipinski definition) is 4. The number of aryl methyl sites for hydroxylation is 4. The highest BCUT2D eigenvalue weighted by molar-refractivity contribution is 7.92. The largest absolute Gasteiger partial charge is 0.465 e. The topological polar surface area (TPSA) is 72.5 Å². The predicted molar refractivity (Wildman–Crippen MR) is 94.0 cm³/mol. The average Bonchev–Trinajstić information content (AvgIpc) is 2.50. The maximum absolute atomic E-state index is 12.8. The first-order valence-electron chi connectivity index (χ1n) is 7.45. The number of ether oxygens (including phenoxy) is 1. The van der Waals surface area contributed by atoms with Gasteiger partial charge in [-0.05, 0) is 56.5 Å². The third-order valence-corrected chi connectivity index (χ3v) is 5.30. The quantitative estimate of drug-likeness (QED) is 0.859. The van der Waals surface area contributed by atoms with Crippen molar-refractivity contribution in [1.82, 2.24) is 0 Å². The summed E-state index contributed by atoms with van der Waals surface area (Å²) >= 11 is 0. The third kappa shape index (κ3) is 3.59. The number of carbonyl (C=O) groups is 1. The van der Waals surface area contributed by atoms with Crippen molar-refractivity contribution in [1.29, 1.82) is 0 Å². The molecule has 2 aromatic rings. The van der Waals surface area contributed by atoms with Crippen molar-refractivity contribution < 1.29 is 17.9 Å². The van der Waals surface area contributed by atoms with E-state index in [1.807, 2.05) is 32.9 Å². The summed E-state index contributed by atoms with van der Waals surface area (Å²) in [5.41, 5.74) is 4.06. The van der Waals surface area contributed by atoms with Crippen molar-refractivity contribution in [2.75, 3.05) is 11.8 Å². The Kier molecular flexibility index (Phi) is 4.99. The number of methoxy groups -OCH3 is 1. The van der Waals surface area contributed by atoms with E-state index in [1.165, 1.54) is 13.2 Å². The number of carbonyl (C=O) groups excluding carboxylic acids is 1. The fourth-order valence-electron chi connectivity index (χ4n) is 2.66. The summed E-state index contributed by atoms with van der Waals surface area (Å²) in [4.78, 5) is 11.7. The van der Waals surface area contributed by atoms with Gasteiger partial charge in [-0.3, -0.25) is 4.72 Å². The number of esters is 1. The summed E-state index contributed by atoms with van der Waals surface area (Å²) in [5, 5.41) is 0. The zero-order chi connectivity index (χ0) is 18.1. The van der Waals surface area contributed by atoms with Crippen LogP contribution in [0.1, 0.15) is 32.6 Å². The van der Waals surface area contributed by atoms with Crippen LogP contribution >= 0.6 is 0 Å². The van der Waals surface area contributed by atoms with Crippen LogP contribution in [0.4, 0.5) is 5.69 Å². The molecule has 0 atom stereocenters. The van der Waals surface area contributed by atoms with Crippen LogP contribution in [-0.4, -0.2) is 21.5 Å². The molecule has 6 heteroatoms. The SMILES string of the molecule is COC(=O)c1ccc(C)c(S(=O)(=O)Nc2c(C)cc(C)cc2C)c1. The highest BCUT2D eigenvalue weighted by Gasteiger charge is 2.21. The van der Waals surface area contributed by atoms with Gasteiger partial charge < -0.3 is 4.74 Å². The van der Waals surface area contributed by atoms with Crippen LogP contribution in [0.25, 0.3) is 0 Å². The number of hydrogen-bond donors (Lipinski definition) is 1. The molecule has 0 fully saturated rings. The number of rotatable bonds is 4. The van der Waals surface area contributed by atoms with E-state index in [2.05, 4.69) is 9.46 Å². The monoisotopic (exact) mass is 347 g/mol. The maximum Gasteiger partial charge on any atom is 0.337 e. The second kappa shape index (κ2) is 6.65. The molecular formula is C18H21NO4S. The van der Waals surface area contributed by atoms with Gasteiger partial charge in [0.05, 0.1) is 23.3 Å². The number of benzene rings is 2. The second-order valence-corrected chi connectivity index (χ2v) is 7.50. The molecule has 0 saturated carbocycles. The fourth-order valence-corrected chi connectivity index (χ4v) is 4.14. The Labute approximate surface area is 142 Å². The Morgan fingerprint density at radius 2 is 1.54 bits per heavy atom. The van der Waals surface area contributed by atoms with Crippen molar-refractivity contribution >= 4 is 21.7 Å². The van der Waals surface area contributed by atoms with Gasteiger partial charge in [0.15, 0.2) is 0 Å². The maximum atomic E-state index is 12.8. The Balaban J connectivity index is 2.50. The van der Waals surface area contributed by atoms with Crippen molar-refractivity contribution in [3.8, 4) is 0 Å². The summed E-state index contributed by atoms with van der Waals surface area (Å²) in [6.07, 6.45) is 0. The summed E-state index contributed by atoms with van der Waals surface area (Å²) < 4.78 is 32.9. The van der Waals surface area contributed by atoms with Crippen LogP contribution in [0.3, 0.4) is 0 Å². The van der Waals surface area contributed by atoms with Gasteiger partial charge in [0.1, 0.15) is 0 Å². The summed E-state index contributed by atoms with van der Waals surface area (Å²) in [7, 11) is -2.57. The van der Waals surface area contributed by atoms with Gasteiger partial charge in [-0.2, -0.15) is 0 Å². The lowest BCUT2D eigenvalue weighted by Gasteiger charge is -2.16. The first-order valence-corrected chi connectivity index (χ1v) is 8.93. The van der Waals surface area contributed by atoms with Crippen molar-refractivity contribution in [3.63, 3.8) is 0 Å². The van der Waals surface area contributed by atoms with E-state index in [0.717, 1.165) is 16.7 Å². The van der Waals surface area contributed by atoms with Crippen LogP contribution < -0.4 is 4.72 Å². The van der Waals surface area contributed by atoms with Crippen LogP contribution in [0, 0.1) is 27.7 Å². The fraction of sp³-hybridized carbons (Fsp3) is 0.278. The highest BCUT2D eigenvalue weighted by atomic mass is 32.2. The zero-order valence-corrected chi connectivity index (χ0v) is 15.2. The number of anilines is 1. The minimum Gasteiger partial charge on any atom is -0.465 e. The first-order chi connectivity index (χ1) is 11.2. The van der Waals surface area contributed by atoms with Gasteiger partial charge in [-0.1, -0.05) is 23.8 Å². The van der Waals surface area contributed by atoms with Crippen LogP contribution in [0.15, 0.2) is 35.2 Å². The molecule has 24 heavy (non-hydrogen) atoms. The van der Waals surface area contributed by atoms with E-state index >= 15 is 0 Å². The molecule has 128 valence electrons. The second-order valence-electron chi connectivity index (χ2n) is 5.85. The molecule has 0 aromatic heterocycles. The molecule has 2 rings (SSSR count). The van der Waals surface area contributed by atoms with E-state index in [4.69, 9.17) is 0 Å². The predicted octanol–water partition coefficient (Wildman–Crippen LogP) is 3.51. The van der Waals surface area contributed by atoms with Crippen molar-refractivity contribution in [3.05, 3.63) is 58.1 Å². The van der Waals surface area contributed by atoms with Crippen molar-refractivity contribution in [2.24, 2.45) is 0 Å². The van der Waals surface area contributed by atoms with E-state index < -0.39 is 16.0 Å². The molecule has 0 aliphatic heterocycles. The van der Waals surface area contributed by atoms with Gasteiger partial charge in [-0.15, -0.1) is 0 Å². The molecular weight excluding hydrogens is 326 g/mol. The van der Waals surface area contributed by atoms with Crippen LogP contribution in [0.5, 0.6) is 0 Å². The molecule has 0 radical (unpaired) electrons. The van der Waals surface area contributed by atoms with E-state index in [1.54, 1.807) is 19.1 Å². The van der Waals surface area contributed by atoms with Gasteiger partial charge in [0, 0.05) is 0 Å². The smallest absolute Gasteiger partial charge is 0.337 e. The summed E-state index contributed by atoms with van der Waals surface area (Å²) in [5.74, 6) is -0.575. The van der Waals surface area contributed by atoms with Crippen molar-refractivity contribution in [2.45, 2.75) is 32.6 Å². The Hall–Kier alpha value is -2.34. The normalized spacial score (nSPS) is 11.2. The Morgan fingerprint density at radius 3 is 2.08 bits per heavy atom. The lowest BCUT2D eigenvalue weighted by atomic mass is 10.1. The molecule has 2 aromatic carbocycles. The zero-order valence-electron chi connectivity index (χ0n) is 14.4. The minimum atomic E-state index is -3.82. The molecule has 0 aliphatic rings. The first kappa shape index (κ1) is 18.0.